The highest BCUT2D eigenvalue weighted by Crippen LogP contribution is 2.25. The van der Waals surface area contributed by atoms with Gasteiger partial charge < -0.3 is 14.3 Å². The highest BCUT2D eigenvalue weighted by molar-refractivity contribution is 5.79. The van der Waals surface area contributed by atoms with Gasteiger partial charge in [0, 0.05) is 6.54 Å². The van der Waals surface area contributed by atoms with E-state index in [2.05, 4.69) is 14.9 Å². The molecule has 0 bridgehead atoms. The van der Waals surface area contributed by atoms with E-state index in [-0.39, 0.29) is 17.4 Å². The summed E-state index contributed by atoms with van der Waals surface area (Å²) in [5.74, 6) is 1.62. The van der Waals surface area contributed by atoms with Crippen LogP contribution in [-0.4, -0.2) is 38.8 Å². The van der Waals surface area contributed by atoms with E-state index in [0.29, 0.717) is 24.5 Å². The number of hydrogen-bond donors (Lipinski definition) is 1. The number of nitrogens with one attached hydrogen (secondary N) is 1. The van der Waals surface area contributed by atoms with Gasteiger partial charge in [-0.25, -0.2) is 4.98 Å². The Balaban J connectivity index is 1.43. The standard InChI is InChI=1S/C18H22N4O3/c1-12-19-16-11-22(10-15(16)17(23)20-12)18(24)13-4-2-6-21(8-13)9-14-5-3-7-25-14/h3,5,7,13H,2,4,6,8-11H2,1H3,(H,19,20,23)/t13-/m1/s1. The average Bonchev–Trinajstić information content (AvgIpc) is 3.24. The van der Waals surface area contributed by atoms with Crippen LogP contribution in [0.15, 0.2) is 27.6 Å². The minimum atomic E-state index is -0.124. The van der Waals surface area contributed by atoms with Crippen LogP contribution in [0.4, 0.5) is 0 Å². The van der Waals surface area contributed by atoms with Crippen LogP contribution < -0.4 is 5.56 Å². The maximum atomic E-state index is 12.9. The molecule has 1 saturated heterocycles. The third-order valence-corrected chi connectivity index (χ3v) is 5.04. The minimum absolute atomic E-state index is 0.0294. The first-order chi connectivity index (χ1) is 12.1. The first kappa shape index (κ1) is 16.1. The summed E-state index contributed by atoms with van der Waals surface area (Å²) < 4.78 is 5.41. The Labute approximate surface area is 145 Å². The van der Waals surface area contributed by atoms with Gasteiger partial charge >= 0.3 is 0 Å². The molecule has 25 heavy (non-hydrogen) atoms. The Hall–Kier alpha value is -2.41. The minimum Gasteiger partial charge on any atom is -0.468 e. The van der Waals surface area contributed by atoms with Crippen LogP contribution in [0.1, 0.15) is 35.7 Å². The highest BCUT2D eigenvalue weighted by atomic mass is 16.3. The zero-order valence-electron chi connectivity index (χ0n) is 14.3. The third kappa shape index (κ3) is 3.24. The van der Waals surface area contributed by atoms with Crippen molar-refractivity contribution in [2.24, 2.45) is 5.92 Å². The van der Waals surface area contributed by atoms with Crippen molar-refractivity contribution in [1.29, 1.82) is 0 Å². The highest BCUT2D eigenvalue weighted by Gasteiger charge is 2.34. The molecule has 7 heteroatoms. The van der Waals surface area contributed by atoms with Crippen LogP contribution >= 0.6 is 0 Å². The summed E-state index contributed by atoms with van der Waals surface area (Å²) in [6.07, 6.45) is 3.56. The Bertz CT molecular complexity index is 827. The Morgan fingerprint density at radius 3 is 3.12 bits per heavy atom. The third-order valence-electron chi connectivity index (χ3n) is 5.04. The molecule has 7 nitrogen and oxygen atoms in total. The maximum Gasteiger partial charge on any atom is 0.256 e. The number of amides is 1. The van der Waals surface area contributed by atoms with Crippen LogP contribution in [0.5, 0.6) is 0 Å². The monoisotopic (exact) mass is 342 g/mol. The molecule has 2 aliphatic rings. The summed E-state index contributed by atoms with van der Waals surface area (Å²) in [5.41, 5.74) is 1.24. The summed E-state index contributed by atoms with van der Waals surface area (Å²) >= 11 is 0. The lowest BCUT2D eigenvalue weighted by molar-refractivity contribution is -0.138. The number of H-pyrrole nitrogens is 1. The molecule has 2 aromatic rings. The van der Waals surface area contributed by atoms with E-state index in [0.717, 1.165) is 43.9 Å². The molecule has 0 radical (unpaired) electrons. The van der Waals surface area contributed by atoms with Crippen molar-refractivity contribution >= 4 is 5.91 Å². The largest absolute Gasteiger partial charge is 0.468 e. The first-order valence-electron chi connectivity index (χ1n) is 8.72. The van der Waals surface area contributed by atoms with Crippen molar-refractivity contribution in [2.75, 3.05) is 13.1 Å². The predicted molar refractivity (Wildman–Crippen MR) is 90.6 cm³/mol. The van der Waals surface area contributed by atoms with Crippen LogP contribution in [-0.2, 0) is 24.4 Å². The molecule has 1 amide bonds. The van der Waals surface area contributed by atoms with Gasteiger partial charge in [0.1, 0.15) is 11.6 Å². The molecule has 0 saturated carbocycles. The molecule has 0 aromatic carbocycles. The predicted octanol–water partition coefficient (Wildman–Crippen LogP) is 1.43. The van der Waals surface area contributed by atoms with E-state index < -0.39 is 0 Å². The molecule has 132 valence electrons. The van der Waals surface area contributed by atoms with Crippen LogP contribution in [0.3, 0.4) is 0 Å². The topological polar surface area (TPSA) is 82.4 Å². The lowest BCUT2D eigenvalue weighted by atomic mass is 9.96. The van der Waals surface area contributed by atoms with Gasteiger partial charge in [-0.05, 0) is 38.4 Å². The fourth-order valence-corrected chi connectivity index (χ4v) is 3.83. The number of carbonyl (C=O) groups excluding carboxylic acids is 1. The van der Waals surface area contributed by atoms with E-state index in [4.69, 9.17) is 4.42 Å². The van der Waals surface area contributed by atoms with Gasteiger partial charge in [-0.1, -0.05) is 0 Å². The number of aryl methyl sites for hydroxylation is 1. The molecule has 1 fully saturated rings. The fourth-order valence-electron chi connectivity index (χ4n) is 3.83. The van der Waals surface area contributed by atoms with Crippen molar-refractivity contribution in [2.45, 2.75) is 39.4 Å². The second kappa shape index (κ2) is 6.48. The quantitative estimate of drug-likeness (QED) is 0.912. The smallest absolute Gasteiger partial charge is 0.256 e. The van der Waals surface area contributed by atoms with Crippen LogP contribution in [0.2, 0.25) is 0 Å². The van der Waals surface area contributed by atoms with Gasteiger partial charge in [0.2, 0.25) is 5.91 Å². The molecule has 0 spiro atoms. The number of fused-ring (bicyclic) bond motifs is 1. The number of aromatic amines is 1. The lowest BCUT2D eigenvalue weighted by Crippen LogP contribution is -2.43. The summed E-state index contributed by atoms with van der Waals surface area (Å²) in [7, 11) is 0. The molecular formula is C18H22N4O3. The van der Waals surface area contributed by atoms with E-state index in [1.54, 1.807) is 18.1 Å². The van der Waals surface area contributed by atoms with Gasteiger partial charge in [-0.15, -0.1) is 0 Å². The lowest BCUT2D eigenvalue weighted by Gasteiger charge is -2.33. The number of carbonyl (C=O) groups is 1. The van der Waals surface area contributed by atoms with E-state index >= 15 is 0 Å². The van der Waals surface area contributed by atoms with E-state index in [1.807, 2.05) is 12.1 Å². The Morgan fingerprint density at radius 2 is 2.32 bits per heavy atom. The van der Waals surface area contributed by atoms with Crippen molar-refractivity contribution in [3.05, 3.63) is 51.6 Å². The summed E-state index contributed by atoms with van der Waals surface area (Å²) in [5, 5.41) is 0. The molecule has 2 aliphatic heterocycles. The zero-order valence-corrected chi connectivity index (χ0v) is 14.3. The molecule has 0 aliphatic carbocycles. The average molecular weight is 342 g/mol. The van der Waals surface area contributed by atoms with E-state index in [9.17, 15) is 9.59 Å². The molecular weight excluding hydrogens is 320 g/mol. The van der Waals surface area contributed by atoms with Gasteiger partial charge in [0.25, 0.3) is 5.56 Å². The first-order valence-corrected chi connectivity index (χ1v) is 8.72. The summed E-state index contributed by atoms with van der Waals surface area (Å²) in [4.78, 5) is 36.1. The second-order valence-corrected chi connectivity index (χ2v) is 6.92. The SMILES string of the molecule is Cc1nc2c(c(=O)[nH]1)CN(C(=O)[C@@H]1CCCN(Cc3ccco3)C1)C2. The number of likely N-dealkylation sites (tertiary alicyclic amines) is 1. The maximum absolute atomic E-state index is 12.9. The van der Waals surface area contributed by atoms with Crippen molar-refractivity contribution in [3.63, 3.8) is 0 Å². The van der Waals surface area contributed by atoms with Crippen molar-refractivity contribution < 1.29 is 9.21 Å². The van der Waals surface area contributed by atoms with Gasteiger partial charge in [-0.3, -0.25) is 14.5 Å². The zero-order chi connectivity index (χ0) is 17.4. The molecule has 1 atom stereocenters. The second-order valence-electron chi connectivity index (χ2n) is 6.92. The molecule has 1 N–H and O–H groups in total. The molecule has 2 aromatic heterocycles. The molecule has 4 heterocycles. The van der Waals surface area contributed by atoms with Gasteiger partial charge in [-0.2, -0.15) is 0 Å². The van der Waals surface area contributed by atoms with Gasteiger partial charge in [0.05, 0.1) is 43.1 Å². The van der Waals surface area contributed by atoms with Crippen molar-refractivity contribution in [3.8, 4) is 0 Å². The fraction of sp³-hybridized carbons (Fsp3) is 0.500. The number of piperidine rings is 1. The van der Waals surface area contributed by atoms with E-state index in [1.165, 1.54) is 0 Å². The Morgan fingerprint density at radius 1 is 1.44 bits per heavy atom. The number of nitrogens with zero attached hydrogens (tertiary/aromatic N) is 3. The van der Waals surface area contributed by atoms with Crippen LogP contribution in [0, 0.1) is 12.8 Å². The molecule has 0 unspecified atom stereocenters. The summed E-state index contributed by atoms with van der Waals surface area (Å²) in [6, 6.07) is 3.85. The summed E-state index contributed by atoms with van der Waals surface area (Å²) in [6.45, 7) is 5.01. The normalized spacial score (nSPS) is 20.7. The van der Waals surface area contributed by atoms with Crippen molar-refractivity contribution in [1.82, 2.24) is 19.8 Å². The van der Waals surface area contributed by atoms with Crippen LogP contribution in [0.25, 0.3) is 0 Å². The van der Waals surface area contributed by atoms with Gasteiger partial charge in [0.15, 0.2) is 0 Å². The Kier molecular flexibility index (Phi) is 4.17. The number of furan rings is 1. The number of rotatable bonds is 3. The molecule has 4 rings (SSSR count). The number of aromatic nitrogens is 2. The number of hydrogen-bond acceptors (Lipinski definition) is 5.